The molecule has 0 unspecified atom stereocenters. The van der Waals surface area contributed by atoms with Crippen LogP contribution in [0.2, 0.25) is 0 Å². The summed E-state index contributed by atoms with van der Waals surface area (Å²) in [5.41, 5.74) is 2.14. The molecule has 1 heterocycles. The van der Waals surface area contributed by atoms with E-state index in [1.54, 1.807) is 0 Å². The Kier molecular flexibility index (Phi) is 7.50. The largest absolute Gasteiger partial charge is 0.465 e. The lowest BCUT2D eigenvalue weighted by molar-refractivity contribution is -0.144. The van der Waals surface area contributed by atoms with Crippen LogP contribution in [0, 0.1) is 0 Å². The summed E-state index contributed by atoms with van der Waals surface area (Å²) >= 11 is 0. The molecule has 3 rings (SSSR count). The van der Waals surface area contributed by atoms with Crippen LogP contribution in [0.15, 0.2) is 48.5 Å². The molecule has 1 fully saturated rings. The summed E-state index contributed by atoms with van der Waals surface area (Å²) in [6, 6.07) is 13.5. The lowest BCUT2D eigenvalue weighted by atomic mass is 10.0. The van der Waals surface area contributed by atoms with E-state index in [1.807, 2.05) is 31.2 Å². The number of nitrogens with one attached hydrogen (secondary N) is 1. The zero-order chi connectivity index (χ0) is 21.6. The van der Waals surface area contributed by atoms with E-state index in [4.69, 9.17) is 4.74 Å². The average molecular weight is 420 g/mol. The van der Waals surface area contributed by atoms with Crippen LogP contribution in [0.3, 0.4) is 0 Å². The van der Waals surface area contributed by atoms with E-state index in [1.165, 1.54) is 12.1 Å². The Balaban J connectivity index is 1.46. The van der Waals surface area contributed by atoms with E-state index in [9.17, 15) is 18.0 Å². The van der Waals surface area contributed by atoms with Crippen LogP contribution < -0.4 is 5.32 Å². The molecule has 0 radical (unpaired) electrons. The van der Waals surface area contributed by atoms with Gasteiger partial charge in [0.05, 0.1) is 18.7 Å². The van der Waals surface area contributed by atoms with Gasteiger partial charge in [-0.15, -0.1) is 0 Å². The van der Waals surface area contributed by atoms with Crippen LogP contribution >= 0.6 is 0 Å². The highest BCUT2D eigenvalue weighted by molar-refractivity contribution is 5.71. The van der Waals surface area contributed by atoms with Gasteiger partial charge in [-0.25, -0.2) is 0 Å². The molecule has 30 heavy (non-hydrogen) atoms. The van der Waals surface area contributed by atoms with Gasteiger partial charge in [0.1, 0.15) is 0 Å². The number of rotatable bonds is 7. The molecule has 1 aliphatic heterocycles. The topological polar surface area (TPSA) is 41.6 Å². The molecule has 0 amide bonds. The second kappa shape index (κ2) is 10.1. The fourth-order valence-corrected chi connectivity index (χ4v) is 3.61. The molecule has 2 aromatic carbocycles. The van der Waals surface area contributed by atoms with E-state index in [2.05, 4.69) is 10.2 Å². The van der Waals surface area contributed by atoms with Crippen LogP contribution in [0.5, 0.6) is 0 Å². The maximum Gasteiger partial charge on any atom is 0.416 e. The number of esters is 1. The fourth-order valence-electron chi connectivity index (χ4n) is 3.61. The third-order valence-corrected chi connectivity index (χ3v) is 5.34. The minimum absolute atomic E-state index is 0.169. The number of ether oxygens (including phenoxy) is 1. The zero-order valence-electron chi connectivity index (χ0n) is 17.0. The summed E-state index contributed by atoms with van der Waals surface area (Å²) in [6.45, 7) is 5.03. The number of likely N-dealkylation sites (tertiary alicyclic amines) is 1. The third-order valence-electron chi connectivity index (χ3n) is 5.34. The number of hydrogen-bond acceptors (Lipinski definition) is 4. The zero-order valence-corrected chi connectivity index (χ0v) is 17.0. The normalized spacial score (nSPS) is 15.9. The van der Waals surface area contributed by atoms with Crippen LogP contribution in [-0.2, 0) is 22.3 Å². The summed E-state index contributed by atoms with van der Waals surface area (Å²) in [6.07, 6.45) is -2.37. The highest BCUT2D eigenvalue weighted by Gasteiger charge is 2.30. The number of hydrogen-bond donors (Lipinski definition) is 1. The fraction of sp³-hybridized carbons (Fsp3) is 0.435. The van der Waals surface area contributed by atoms with Gasteiger partial charge < -0.3 is 10.1 Å². The summed E-state index contributed by atoms with van der Waals surface area (Å²) < 4.78 is 43.1. The van der Waals surface area contributed by atoms with Crippen molar-refractivity contribution in [2.24, 2.45) is 0 Å². The van der Waals surface area contributed by atoms with Crippen molar-refractivity contribution in [3.8, 4) is 11.1 Å². The summed E-state index contributed by atoms with van der Waals surface area (Å²) in [4.78, 5) is 13.7. The smallest absolute Gasteiger partial charge is 0.416 e. The molecular formula is C23H27F3N2O2. The van der Waals surface area contributed by atoms with E-state index in [-0.39, 0.29) is 5.97 Å². The van der Waals surface area contributed by atoms with Gasteiger partial charge in [0.2, 0.25) is 0 Å². The monoisotopic (exact) mass is 420 g/mol. The molecular weight excluding hydrogens is 393 g/mol. The molecule has 0 aromatic heterocycles. The number of nitrogens with zero attached hydrogens (tertiary/aromatic N) is 1. The molecule has 7 heteroatoms. The van der Waals surface area contributed by atoms with Crippen molar-refractivity contribution in [1.82, 2.24) is 10.2 Å². The van der Waals surface area contributed by atoms with Gasteiger partial charge in [0.25, 0.3) is 0 Å². The van der Waals surface area contributed by atoms with Gasteiger partial charge >= 0.3 is 12.1 Å². The molecule has 1 saturated heterocycles. The number of piperidine rings is 1. The van der Waals surface area contributed by atoms with Gasteiger partial charge in [-0.2, -0.15) is 13.2 Å². The lowest BCUT2D eigenvalue weighted by Crippen LogP contribution is -2.44. The van der Waals surface area contributed by atoms with E-state index in [0.29, 0.717) is 19.2 Å². The van der Waals surface area contributed by atoms with Crippen molar-refractivity contribution in [2.75, 3.05) is 26.2 Å². The van der Waals surface area contributed by atoms with Gasteiger partial charge in [-0.1, -0.05) is 36.4 Å². The molecule has 0 atom stereocenters. The second-order valence-corrected chi connectivity index (χ2v) is 7.51. The van der Waals surface area contributed by atoms with Gasteiger partial charge in [0, 0.05) is 25.7 Å². The number of alkyl halides is 3. The Morgan fingerprint density at radius 1 is 1.03 bits per heavy atom. The van der Waals surface area contributed by atoms with Crippen LogP contribution in [0.1, 0.15) is 30.9 Å². The number of benzene rings is 2. The quantitative estimate of drug-likeness (QED) is 0.671. The number of halogens is 3. The van der Waals surface area contributed by atoms with Crippen molar-refractivity contribution < 1.29 is 22.7 Å². The molecule has 1 aliphatic rings. The van der Waals surface area contributed by atoms with E-state index >= 15 is 0 Å². The highest BCUT2D eigenvalue weighted by atomic mass is 19.4. The van der Waals surface area contributed by atoms with Gasteiger partial charge in [0.15, 0.2) is 0 Å². The van der Waals surface area contributed by atoms with E-state index < -0.39 is 11.7 Å². The molecule has 0 spiro atoms. The second-order valence-electron chi connectivity index (χ2n) is 7.51. The van der Waals surface area contributed by atoms with Crippen molar-refractivity contribution in [1.29, 1.82) is 0 Å². The van der Waals surface area contributed by atoms with Gasteiger partial charge in [-0.05, 0) is 48.6 Å². The minimum Gasteiger partial charge on any atom is -0.465 e. The summed E-state index contributed by atoms with van der Waals surface area (Å²) in [5.74, 6) is -0.169. The Morgan fingerprint density at radius 3 is 2.13 bits per heavy atom. The molecule has 0 saturated carbocycles. The Labute approximate surface area is 175 Å². The van der Waals surface area contributed by atoms with Crippen LogP contribution in [0.25, 0.3) is 11.1 Å². The first-order valence-corrected chi connectivity index (χ1v) is 10.2. The van der Waals surface area contributed by atoms with Crippen LogP contribution in [-0.4, -0.2) is 43.2 Å². The first-order valence-electron chi connectivity index (χ1n) is 10.2. The van der Waals surface area contributed by atoms with Crippen molar-refractivity contribution in [3.05, 3.63) is 59.7 Å². The molecule has 2 aromatic rings. The summed E-state index contributed by atoms with van der Waals surface area (Å²) in [7, 11) is 0. The molecule has 1 N–H and O–H groups in total. The van der Waals surface area contributed by atoms with Gasteiger partial charge in [-0.3, -0.25) is 9.69 Å². The molecule has 0 aliphatic carbocycles. The Hall–Kier alpha value is -2.38. The maximum atomic E-state index is 12.7. The average Bonchev–Trinajstić information content (AvgIpc) is 2.73. The van der Waals surface area contributed by atoms with Crippen LogP contribution in [0.4, 0.5) is 13.2 Å². The first-order chi connectivity index (χ1) is 14.3. The molecule has 162 valence electrons. The minimum atomic E-state index is -4.32. The lowest BCUT2D eigenvalue weighted by Gasteiger charge is -2.31. The number of carbonyl (C=O) groups excluding carboxylic acids is 1. The molecule has 4 nitrogen and oxygen atoms in total. The van der Waals surface area contributed by atoms with Crippen molar-refractivity contribution >= 4 is 5.97 Å². The Bertz CT molecular complexity index is 812. The van der Waals surface area contributed by atoms with E-state index in [0.717, 1.165) is 61.3 Å². The van der Waals surface area contributed by atoms with Crippen molar-refractivity contribution in [3.63, 3.8) is 0 Å². The maximum absolute atomic E-state index is 12.7. The predicted octanol–water partition coefficient (Wildman–Crippen LogP) is 4.49. The van der Waals surface area contributed by atoms with Crippen molar-refractivity contribution in [2.45, 2.75) is 38.5 Å². The SMILES string of the molecule is CCOC(=O)CN1CCC(NCc2ccc(-c3ccc(C(F)(F)F)cc3)cc2)CC1. The third kappa shape index (κ3) is 6.31. The highest BCUT2D eigenvalue weighted by Crippen LogP contribution is 2.31. The predicted molar refractivity (Wildman–Crippen MR) is 110 cm³/mol. The standard InChI is InChI=1S/C23H27F3N2O2/c1-2-30-22(29)16-28-13-11-21(12-14-28)27-15-17-3-5-18(6-4-17)19-7-9-20(10-8-19)23(24,25)26/h3-10,21,27H,2,11-16H2,1H3. The number of carbonyl (C=O) groups is 1. The Morgan fingerprint density at radius 2 is 1.60 bits per heavy atom. The summed E-state index contributed by atoms with van der Waals surface area (Å²) in [5, 5.41) is 3.55. The first kappa shape index (κ1) is 22.3. The molecule has 0 bridgehead atoms.